The SMILES string of the molecule is CCC1(C)NC(=O)N(CC(=O)OCC(=O)N(C)Cc2ccsc2)C1=O. The second-order valence-electron chi connectivity index (χ2n) is 6.05. The lowest BCUT2D eigenvalue weighted by molar-refractivity contribution is -0.153. The standard InChI is InChI=1S/C16H21N3O5S/c1-4-16(2)14(22)19(15(23)17-16)8-13(21)24-9-12(20)18(3)7-11-5-6-25-10-11/h5-6,10H,4,7-9H2,1-3H3,(H,17,23). The number of imide groups is 1. The van der Waals surface area contributed by atoms with Crippen molar-refractivity contribution in [2.24, 2.45) is 0 Å². The minimum absolute atomic E-state index is 0.366. The maximum atomic E-state index is 12.2. The highest BCUT2D eigenvalue weighted by Gasteiger charge is 2.47. The molecule has 2 heterocycles. The molecule has 0 saturated carbocycles. The summed E-state index contributed by atoms with van der Waals surface area (Å²) in [5.74, 6) is -1.64. The van der Waals surface area contributed by atoms with Gasteiger partial charge in [-0.05, 0) is 35.7 Å². The summed E-state index contributed by atoms with van der Waals surface area (Å²) >= 11 is 1.53. The Balaban J connectivity index is 1.81. The van der Waals surface area contributed by atoms with Crippen molar-refractivity contribution in [2.75, 3.05) is 20.2 Å². The van der Waals surface area contributed by atoms with E-state index in [1.54, 1.807) is 20.9 Å². The van der Waals surface area contributed by atoms with E-state index in [-0.39, 0.29) is 5.91 Å². The normalized spacial score (nSPS) is 19.7. The molecule has 1 N–H and O–H groups in total. The minimum Gasteiger partial charge on any atom is -0.454 e. The zero-order valence-corrected chi connectivity index (χ0v) is 15.2. The molecule has 9 heteroatoms. The molecule has 0 aliphatic carbocycles. The number of esters is 1. The van der Waals surface area contributed by atoms with Crippen LogP contribution < -0.4 is 5.32 Å². The Labute approximate surface area is 149 Å². The predicted octanol–water partition coefficient (Wildman–Crippen LogP) is 0.970. The zero-order chi connectivity index (χ0) is 18.6. The van der Waals surface area contributed by atoms with E-state index in [4.69, 9.17) is 4.74 Å². The number of thiophene rings is 1. The first-order chi connectivity index (χ1) is 11.8. The smallest absolute Gasteiger partial charge is 0.326 e. The molecule has 0 bridgehead atoms. The summed E-state index contributed by atoms with van der Waals surface area (Å²) < 4.78 is 4.90. The van der Waals surface area contributed by atoms with Crippen LogP contribution in [0.2, 0.25) is 0 Å². The van der Waals surface area contributed by atoms with Gasteiger partial charge in [-0.3, -0.25) is 19.3 Å². The van der Waals surface area contributed by atoms with Crippen molar-refractivity contribution >= 4 is 35.2 Å². The number of rotatable bonds is 7. The van der Waals surface area contributed by atoms with E-state index in [0.717, 1.165) is 10.5 Å². The van der Waals surface area contributed by atoms with Crippen molar-refractivity contribution in [1.29, 1.82) is 0 Å². The van der Waals surface area contributed by atoms with Gasteiger partial charge in [-0.1, -0.05) is 6.92 Å². The second-order valence-corrected chi connectivity index (χ2v) is 6.83. The second kappa shape index (κ2) is 7.64. The van der Waals surface area contributed by atoms with Gasteiger partial charge in [0.25, 0.3) is 11.8 Å². The highest BCUT2D eigenvalue weighted by atomic mass is 32.1. The molecule has 0 aromatic carbocycles. The van der Waals surface area contributed by atoms with E-state index in [0.29, 0.717) is 13.0 Å². The van der Waals surface area contributed by atoms with Gasteiger partial charge in [0.2, 0.25) is 0 Å². The van der Waals surface area contributed by atoms with Crippen molar-refractivity contribution in [1.82, 2.24) is 15.1 Å². The van der Waals surface area contributed by atoms with E-state index in [2.05, 4.69) is 5.32 Å². The van der Waals surface area contributed by atoms with Crippen LogP contribution in [0.15, 0.2) is 16.8 Å². The van der Waals surface area contributed by atoms with Gasteiger partial charge < -0.3 is 15.0 Å². The summed E-state index contributed by atoms with van der Waals surface area (Å²) in [7, 11) is 1.61. The van der Waals surface area contributed by atoms with Gasteiger partial charge in [0.1, 0.15) is 12.1 Å². The van der Waals surface area contributed by atoms with Crippen LogP contribution in [0, 0.1) is 0 Å². The number of hydrogen-bond donors (Lipinski definition) is 1. The number of ether oxygens (including phenoxy) is 1. The zero-order valence-electron chi connectivity index (χ0n) is 14.4. The summed E-state index contributed by atoms with van der Waals surface area (Å²) in [6.07, 6.45) is 0.412. The lowest BCUT2D eigenvalue weighted by Gasteiger charge is -2.19. The number of hydrogen-bond acceptors (Lipinski definition) is 6. The molecule has 1 fully saturated rings. The van der Waals surface area contributed by atoms with Crippen molar-refractivity contribution in [3.8, 4) is 0 Å². The molecule has 25 heavy (non-hydrogen) atoms. The molecule has 2 rings (SSSR count). The fourth-order valence-corrected chi connectivity index (χ4v) is 2.96. The molecule has 1 saturated heterocycles. The van der Waals surface area contributed by atoms with E-state index in [1.807, 2.05) is 16.8 Å². The average Bonchev–Trinajstić information content (AvgIpc) is 3.15. The Morgan fingerprint density at radius 3 is 2.68 bits per heavy atom. The number of urea groups is 1. The molecule has 0 spiro atoms. The number of nitrogens with one attached hydrogen (secondary N) is 1. The lowest BCUT2D eigenvalue weighted by Crippen LogP contribution is -2.43. The number of nitrogens with zero attached hydrogens (tertiary/aromatic N) is 2. The van der Waals surface area contributed by atoms with Gasteiger partial charge >= 0.3 is 12.0 Å². The number of carbonyl (C=O) groups is 4. The topological polar surface area (TPSA) is 96.0 Å². The Morgan fingerprint density at radius 2 is 2.12 bits per heavy atom. The summed E-state index contributed by atoms with van der Waals surface area (Å²) in [5.41, 5.74) is -0.0149. The van der Waals surface area contributed by atoms with E-state index in [9.17, 15) is 19.2 Å². The minimum atomic E-state index is -1.01. The molecule has 1 aromatic rings. The highest BCUT2D eigenvalue weighted by Crippen LogP contribution is 2.20. The Kier molecular flexibility index (Phi) is 5.78. The van der Waals surface area contributed by atoms with Crippen LogP contribution >= 0.6 is 11.3 Å². The van der Waals surface area contributed by atoms with Crippen molar-refractivity contribution in [3.05, 3.63) is 22.4 Å². The first-order valence-electron chi connectivity index (χ1n) is 7.81. The third-order valence-electron chi connectivity index (χ3n) is 4.12. The van der Waals surface area contributed by atoms with E-state index >= 15 is 0 Å². The first kappa shape index (κ1) is 18.9. The van der Waals surface area contributed by atoms with E-state index < -0.39 is 36.6 Å². The predicted molar refractivity (Wildman–Crippen MR) is 90.7 cm³/mol. The maximum Gasteiger partial charge on any atom is 0.326 e. The number of carbonyl (C=O) groups excluding carboxylic acids is 4. The largest absolute Gasteiger partial charge is 0.454 e. The maximum absolute atomic E-state index is 12.2. The summed E-state index contributed by atoms with van der Waals surface area (Å²) in [6, 6.07) is 1.27. The van der Waals surface area contributed by atoms with Gasteiger partial charge in [0, 0.05) is 13.6 Å². The Morgan fingerprint density at radius 1 is 1.40 bits per heavy atom. The van der Waals surface area contributed by atoms with Crippen LogP contribution in [-0.2, 0) is 25.7 Å². The third-order valence-corrected chi connectivity index (χ3v) is 4.85. The highest BCUT2D eigenvalue weighted by molar-refractivity contribution is 7.07. The molecule has 1 aliphatic rings. The first-order valence-corrected chi connectivity index (χ1v) is 8.76. The fraction of sp³-hybridized carbons (Fsp3) is 0.500. The van der Waals surface area contributed by atoms with E-state index in [1.165, 1.54) is 16.2 Å². The summed E-state index contributed by atoms with van der Waals surface area (Å²) in [5, 5.41) is 6.39. The molecule has 4 amide bonds. The van der Waals surface area contributed by atoms with Crippen LogP contribution in [0.4, 0.5) is 4.79 Å². The van der Waals surface area contributed by atoms with Gasteiger partial charge in [0.05, 0.1) is 0 Å². The molecule has 8 nitrogen and oxygen atoms in total. The molecular formula is C16H21N3O5S. The molecule has 1 aromatic heterocycles. The number of likely N-dealkylation sites (N-methyl/N-ethyl adjacent to an activating group) is 1. The van der Waals surface area contributed by atoms with Crippen LogP contribution in [0.25, 0.3) is 0 Å². The molecule has 1 aliphatic heterocycles. The average molecular weight is 367 g/mol. The number of amides is 4. The third kappa shape index (κ3) is 4.36. The monoisotopic (exact) mass is 367 g/mol. The van der Waals surface area contributed by atoms with Crippen LogP contribution in [-0.4, -0.2) is 59.4 Å². The van der Waals surface area contributed by atoms with Gasteiger partial charge in [-0.2, -0.15) is 11.3 Å². The van der Waals surface area contributed by atoms with Crippen LogP contribution in [0.1, 0.15) is 25.8 Å². The quantitative estimate of drug-likeness (QED) is 0.572. The lowest BCUT2D eigenvalue weighted by atomic mass is 9.99. The molecule has 1 unspecified atom stereocenters. The van der Waals surface area contributed by atoms with Crippen LogP contribution in [0.5, 0.6) is 0 Å². The van der Waals surface area contributed by atoms with Crippen LogP contribution in [0.3, 0.4) is 0 Å². The van der Waals surface area contributed by atoms with Crippen molar-refractivity contribution in [2.45, 2.75) is 32.4 Å². The Bertz CT molecular complexity index is 675. The molecule has 136 valence electrons. The van der Waals surface area contributed by atoms with Gasteiger partial charge in [-0.15, -0.1) is 0 Å². The fourth-order valence-electron chi connectivity index (χ4n) is 2.30. The molecular weight excluding hydrogens is 346 g/mol. The van der Waals surface area contributed by atoms with Crippen molar-refractivity contribution < 1.29 is 23.9 Å². The summed E-state index contributed by atoms with van der Waals surface area (Å²) in [4.78, 5) is 50.1. The molecule has 1 atom stereocenters. The summed E-state index contributed by atoms with van der Waals surface area (Å²) in [6.45, 7) is 2.83. The Hall–Kier alpha value is -2.42. The van der Waals surface area contributed by atoms with Gasteiger partial charge in [0.15, 0.2) is 6.61 Å². The van der Waals surface area contributed by atoms with Crippen molar-refractivity contribution in [3.63, 3.8) is 0 Å². The van der Waals surface area contributed by atoms with Gasteiger partial charge in [-0.25, -0.2) is 4.79 Å². The molecule has 0 radical (unpaired) electrons.